The summed E-state index contributed by atoms with van der Waals surface area (Å²) in [5.74, 6) is 0.346. The summed E-state index contributed by atoms with van der Waals surface area (Å²) in [7, 11) is 0. The first-order valence-electron chi connectivity index (χ1n) is 5.82. The number of hydrogen-bond donors (Lipinski definition) is 2. The highest BCUT2D eigenvalue weighted by molar-refractivity contribution is 6.17. The van der Waals surface area contributed by atoms with Gasteiger partial charge in [-0.05, 0) is 37.0 Å². The van der Waals surface area contributed by atoms with Gasteiger partial charge in [0.15, 0.2) is 0 Å². The van der Waals surface area contributed by atoms with E-state index < -0.39 is 0 Å². The minimum absolute atomic E-state index is 0.0686. The van der Waals surface area contributed by atoms with E-state index in [9.17, 15) is 4.79 Å². The molecule has 0 aliphatic carbocycles. The third-order valence-corrected chi connectivity index (χ3v) is 2.77. The molecule has 0 saturated heterocycles. The van der Waals surface area contributed by atoms with Gasteiger partial charge in [0.2, 0.25) is 0 Å². The van der Waals surface area contributed by atoms with E-state index in [4.69, 9.17) is 16.7 Å². The van der Waals surface area contributed by atoms with Crippen molar-refractivity contribution in [3.8, 4) is 0 Å². The monoisotopic (exact) mass is 255 g/mol. The zero-order valence-electron chi connectivity index (χ0n) is 9.79. The Kier molecular flexibility index (Phi) is 6.67. The molecule has 0 heterocycles. The first-order valence-corrected chi connectivity index (χ1v) is 6.35. The summed E-state index contributed by atoms with van der Waals surface area (Å²) in [5, 5.41) is 11.5. The van der Waals surface area contributed by atoms with Gasteiger partial charge in [-0.3, -0.25) is 4.79 Å². The van der Waals surface area contributed by atoms with Crippen LogP contribution in [0.15, 0.2) is 24.3 Å². The van der Waals surface area contributed by atoms with Crippen molar-refractivity contribution < 1.29 is 9.90 Å². The number of hydrogen-bond acceptors (Lipinski definition) is 2. The van der Waals surface area contributed by atoms with E-state index in [-0.39, 0.29) is 12.5 Å². The van der Waals surface area contributed by atoms with Crippen molar-refractivity contribution in [2.24, 2.45) is 0 Å². The predicted molar refractivity (Wildman–Crippen MR) is 69.3 cm³/mol. The number of carbonyl (C=O) groups is 1. The second-order valence-corrected chi connectivity index (χ2v) is 4.14. The maximum Gasteiger partial charge on any atom is 0.251 e. The van der Waals surface area contributed by atoms with Crippen LogP contribution in [0.25, 0.3) is 0 Å². The summed E-state index contributed by atoms with van der Waals surface area (Å²) < 4.78 is 0. The van der Waals surface area contributed by atoms with Crippen molar-refractivity contribution in [2.75, 3.05) is 13.2 Å². The van der Waals surface area contributed by atoms with E-state index in [0.29, 0.717) is 18.0 Å². The van der Waals surface area contributed by atoms with Crippen LogP contribution in [0, 0.1) is 0 Å². The molecule has 0 aromatic heterocycles. The lowest BCUT2D eigenvalue weighted by Gasteiger charge is -2.05. The zero-order chi connectivity index (χ0) is 12.5. The molecule has 0 fully saturated rings. The van der Waals surface area contributed by atoms with E-state index in [1.807, 2.05) is 12.1 Å². The normalized spacial score (nSPS) is 10.2. The molecule has 94 valence electrons. The van der Waals surface area contributed by atoms with Gasteiger partial charge in [-0.2, -0.15) is 0 Å². The molecule has 17 heavy (non-hydrogen) atoms. The number of amides is 1. The lowest BCUT2D eigenvalue weighted by atomic mass is 10.1. The molecule has 0 radical (unpaired) electrons. The van der Waals surface area contributed by atoms with E-state index in [1.165, 1.54) is 0 Å². The van der Waals surface area contributed by atoms with Crippen LogP contribution >= 0.6 is 11.6 Å². The summed E-state index contributed by atoms with van der Waals surface area (Å²) in [6, 6.07) is 7.30. The summed E-state index contributed by atoms with van der Waals surface area (Å²) >= 11 is 5.71. The molecule has 2 N–H and O–H groups in total. The minimum atomic E-state index is -0.0686. The Hall–Kier alpha value is -1.06. The van der Waals surface area contributed by atoms with E-state index in [1.54, 1.807) is 12.1 Å². The van der Waals surface area contributed by atoms with Crippen molar-refractivity contribution >= 4 is 17.5 Å². The molecule has 0 aliphatic rings. The van der Waals surface area contributed by atoms with Gasteiger partial charge < -0.3 is 10.4 Å². The third kappa shape index (κ3) is 5.20. The molecule has 0 saturated carbocycles. The van der Waals surface area contributed by atoms with Gasteiger partial charge in [-0.1, -0.05) is 12.1 Å². The van der Waals surface area contributed by atoms with Crippen molar-refractivity contribution in [2.45, 2.75) is 25.1 Å². The summed E-state index contributed by atoms with van der Waals surface area (Å²) in [4.78, 5) is 11.7. The van der Waals surface area contributed by atoms with Crippen molar-refractivity contribution in [3.05, 3.63) is 35.4 Å². The van der Waals surface area contributed by atoms with Gasteiger partial charge >= 0.3 is 0 Å². The van der Waals surface area contributed by atoms with E-state index >= 15 is 0 Å². The fourth-order valence-corrected chi connectivity index (χ4v) is 1.68. The van der Waals surface area contributed by atoms with Crippen LogP contribution in [-0.2, 0) is 5.88 Å². The number of benzene rings is 1. The second-order valence-electron chi connectivity index (χ2n) is 3.87. The highest BCUT2D eigenvalue weighted by atomic mass is 35.5. The minimum Gasteiger partial charge on any atom is -0.396 e. The van der Waals surface area contributed by atoms with Crippen LogP contribution in [0.5, 0.6) is 0 Å². The van der Waals surface area contributed by atoms with Gasteiger partial charge in [-0.15, -0.1) is 11.6 Å². The van der Waals surface area contributed by atoms with Gasteiger partial charge in [0.1, 0.15) is 0 Å². The molecule has 0 unspecified atom stereocenters. The first-order chi connectivity index (χ1) is 8.27. The number of halogens is 1. The molecule has 0 bridgehead atoms. The molecular formula is C13H18ClNO2. The molecule has 0 atom stereocenters. The third-order valence-electron chi connectivity index (χ3n) is 2.46. The molecule has 1 aromatic rings. The average Bonchev–Trinajstić information content (AvgIpc) is 2.38. The zero-order valence-corrected chi connectivity index (χ0v) is 10.5. The number of nitrogens with one attached hydrogen (secondary N) is 1. The largest absolute Gasteiger partial charge is 0.396 e. The topological polar surface area (TPSA) is 49.3 Å². The Morgan fingerprint density at radius 2 is 2.12 bits per heavy atom. The number of unbranched alkanes of at least 4 members (excludes halogenated alkanes) is 2. The lowest BCUT2D eigenvalue weighted by Crippen LogP contribution is -2.24. The molecule has 1 rings (SSSR count). The molecule has 0 aliphatic heterocycles. The molecule has 3 nitrogen and oxygen atoms in total. The van der Waals surface area contributed by atoms with Gasteiger partial charge in [-0.25, -0.2) is 0 Å². The quantitative estimate of drug-likeness (QED) is 0.580. The lowest BCUT2D eigenvalue weighted by molar-refractivity contribution is 0.0953. The van der Waals surface area contributed by atoms with Crippen LogP contribution < -0.4 is 5.32 Å². The number of carbonyl (C=O) groups excluding carboxylic acids is 1. The fraction of sp³-hybridized carbons (Fsp3) is 0.462. The molecule has 1 aromatic carbocycles. The maximum absolute atomic E-state index is 11.7. The van der Waals surface area contributed by atoms with Crippen LogP contribution in [-0.4, -0.2) is 24.2 Å². The average molecular weight is 256 g/mol. The number of aliphatic hydroxyl groups excluding tert-OH is 1. The SMILES string of the molecule is O=C(NCCCCCO)c1cccc(CCl)c1. The van der Waals surface area contributed by atoms with Gasteiger partial charge in [0.05, 0.1) is 0 Å². The van der Waals surface area contributed by atoms with Crippen LogP contribution in [0.1, 0.15) is 35.2 Å². The van der Waals surface area contributed by atoms with Gasteiger partial charge in [0, 0.05) is 24.6 Å². The van der Waals surface area contributed by atoms with Gasteiger partial charge in [0.25, 0.3) is 5.91 Å². The number of rotatable bonds is 7. The standard InChI is InChI=1S/C13H18ClNO2/c14-10-11-5-4-6-12(9-11)13(17)15-7-2-1-3-8-16/h4-6,9,16H,1-3,7-8,10H2,(H,15,17). The van der Waals surface area contributed by atoms with Crippen LogP contribution in [0.3, 0.4) is 0 Å². The Morgan fingerprint density at radius 3 is 2.82 bits per heavy atom. The highest BCUT2D eigenvalue weighted by Crippen LogP contribution is 2.07. The Balaban J connectivity index is 2.36. The molecule has 4 heteroatoms. The second kappa shape index (κ2) is 8.09. The van der Waals surface area contributed by atoms with Crippen LogP contribution in [0.2, 0.25) is 0 Å². The molecule has 0 spiro atoms. The molecular weight excluding hydrogens is 238 g/mol. The summed E-state index contributed by atoms with van der Waals surface area (Å²) in [5.41, 5.74) is 1.59. The Labute approximate surface area is 107 Å². The maximum atomic E-state index is 11.7. The summed E-state index contributed by atoms with van der Waals surface area (Å²) in [6.45, 7) is 0.857. The molecule has 1 amide bonds. The highest BCUT2D eigenvalue weighted by Gasteiger charge is 2.04. The predicted octanol–water partition coefficient (Wildman–Crippen LogP) is 2.32. The Morgan fingerprint density at radius 1 is 1.29 bits per heavy atom. The van der Waals surface area contributed by atoms with E-state index in [2.05, 4.69) is 5.32 Å². The smallest absolute Gasteiger partial charge is 0.251 e. The van der Waals surface area contributed by atoms with Crippen molar-refractivity contribution in [3.63, 3.8) is 0 Å². The summed E-state index contributed by atoms with van der Waals surface area (Å²) in [6.07, 6.45) is 2.61. The van der Waals surface area contributed by atoms with Crippen molar-refractivity contribution in [1.82, 2.24) is 5.32 Å². The Bertz CT molecular complexity index is 355. The number of alkyl halides is 1. The first kappa shape index (κ1) is 14.0. The van der Waals surface area contributed by atoms with Crippen LogP contribution in [0.4, 0.5) is 0 Å². The number of aliphatic hydroxyl groups is 1. The van der Waals surface area contributed by atoms with E-state index in [0.717, 1.165) is 24.8 Å². The van der Waals surface area contributed by atoms with Crippen molar-refractivity contribution in [1.29, 1.82) is 0 Å². The fourth-order valence-electron chi connectivity index (χ4n) is 1.51.